The van der Waals surface area contributed by atoms with Gasteiger partial charge in [0.1, 0.15) is 11.7 Å². The van der Waals surface area contributed by atoms with Crippen LogP contribution in [0.25, 0.3) is 0 Å². The van der Waals surface area contributed by atoms with E-state index in [1.807, 2.05) is 0 Å². The van der Waals surface area contributed by atoms with Crippen LogP contribution in [0, 0.1) is 0 Å². The molecule has 10 heteroatoms. The molecule has 4 atom stereocenters. The van der Waals surface area contributed by atoms with E-state index in [2.05, 4.69) is 85.5 Å². The average molecular weight is 721 g/mol. The van der Waals surface area contributed by atoms with Gasteiger partial charge in [0.2, 0.25) is 0 Å². The lowest BCUT2D eigenvalue weighted by Crippen LogP contribution is -2.20. The van der Waals surface area contributed by atoms with Gasteiger partial charge in [-0.2, -0.15) is 0 Å². The van der Waals surface area contributed by atoms with Gasteiger partial charge >= 0.3 is 0 Å². The predicted molar refractivity (Wildman–Crippen MR) is 210 cm³/mol. The van der Waals surface area contributed by atoms with Crippen LogP contribution in [-0.4, -0.2) is 109 Å². The number of epoxide rings is 4. The lowest BCUT2D eigenvalue weighted by molar-refractivity contribution is 0.0857. The summed E-state index contributed by atoms with van der Waals surface area (Å²) in [6.07, 6.45) is 11.0. The summed E-state index contributed by atoms with van der Waals surface area (Å²) in [6, 6.07) is 5.67. The second kappa shape index (κ2) is 21.8. The van der Waals surface area contributed by atoms with Gasteiger partial charge in [-0.15, -0.1) is 0 Å². The molecule has 0 N–H and O–H groups in total. The van der Waals surface area contributed by atoms with Gasteiger partial charge in [-0.1, -0.05) is 122 Å². The van der Waals surface area contributed by atoms with E-state index in [1.165, 1.54) is 69.1 Å². The molecule has 0 saturated carbocycles. The SMILES string of the molecule is CC1(COCCC[Si](C)(C)C)CO1.C[Si](C)(C)CCC1CO1.C[Si](C)(C)CCCCCC1CO1.C[Si](C)(C)CCCOCC1CO1. The van der Waals surface area contributed by atoms with Crippen molar-refractivity contribution in [2.45, 2.75) is 179 Å². The zero-order valence-corrected chi connectivity index (χ0v) is 37.1. The summed E-state index contributed by atoms with van der Waals surface area (Å²) >= 11 is 0. The van der Waals surface area contributed by atoms with Gasteiger partial charge in [-0.25, -0.2) is 0 Å². The van der Waals surface area contributed by atoms with Crippen molar-refractivity contribution in [3.63, 3.8) is 0 Å². The van der Waals surface area contributed by atoms with Crippen LogP contribution in [0.4, 0.5) is 0 Å². The second-order valence-corrected chi connectivity index (χ2v) is 41.8. The highest BCUT2D eigenvalue weighted by atomic mass is 28.3. The highest BCUT2D eigenvalue weighted by Gasteiger charge is 2.39. The molecular weight excluding hydrogens is 641 g/mol. The largest absolute Gasteiger partial charge is 0.379 e. The van der Waals surface area contributed by atoms with E-state index >= 15 is 0 Å². The van der Waals surface area contributed by atoms with Crippen molar-refractivity contribution in [2.75, 3.05) is 52.9 Å². The van der Waals surface area contributed by atoms with Gasteiger partial charge < -0.3 is 28.4 Å². The Hall–Kier alpha value is 0.628. The van der Waals surface area contributed by atoms with Crippen molar-refractivity contribution in [3.05, 3.63) is 0 Å². The molecule has 0 radical (unpaired) electrons. The molecular formula is C36H80O6Si4. The Kier molecular flexibility index (Phi) is 21.1. The first-order valence-electron chi connectivity index (χ1n) is 18.8. The molecule has 4 aliphatic heterocycles. The summed E-state index contributed by atoms with van der Waals surface area (Å²) in [6.45, 7) is 38.4. The Morgan fingerprint density at radius 1 is 0.522 bits per heavy atom. The topological polar surface area (TPSA) is 68.6 Å². The third kappa shape index (κ3) is 35.9. The minimum atomic E-state index is -0.849. The summed E-state index contributed by atoms with van der Waals surface area (Å²) in [5, 5.41) is 0. The van der Waals surface area contributed by atoms with E-state index < -0.39 is 32.3 Å². The zero-order chi connectivity index (χ0) is 34.9. The third-order valence-electron chi connectivity index (χ3n) is 8.16. The number of unbranched alkanes of at least 4 members (excludes halogenated alkanes) is 2. The van der Waals surface area contributed by atoms with Crippen LogP contribution in [0.5, 0.6) is 0 Å². The smallest absolute Gasteiger partial charge is 0.112 e. The van der Waals surface area contributed by atoms with E-state index in [4.69, 9.17) is 28.4 Å². The van der Waals surface area contributed by atoms with Gasteiger partial charge in [0.05, 0.1) is 51.8 Å². The second-order valence-electron chi connectivity index (χ2n) is 19.3. The van der Waals surface area contributed by atoms with Crippen LogP contribution in [0.2, 0.25) is 103 Å². The maximum atomic E-state index is 5.55. The molecule has 4 saturated heterocycles. The molecule has 0 aromatic rings. The third-order valence-corrected chi connectivity index (χ3v) is 15.5. The highest BCUT2D eigenvalue weighted by molar-refractivity contribution is 6.77. The van der Waals surface area contributed by atoms with E-state index in [1.54, 1.807) is 0 Å². The predicted octanol–water partition coefficient (Wildman–Crippen LogP) is 10.0. The summed E-state index contributed by atoms with van der Waals surface area (Å²) in [4.78, 5) is 0. The first-order chi connectivity index (χ1) is 21.1. The van der Waals surface area contributed by atoms with Gasteiger partial charge in [0.25, 0.3) is 0 Å². The molecule has 6 nitrogen and oxygen atoms in total. The minimum Gasteiger partial charge on any atom is -0.379 e. The number of rotatable bonds is 21. The maximum Gasteiger partial charge on any atom is 0.112 e. The monoisotopic (exact) mass is 721 g/mol. The maximum absolute atomic E-state index is 5.55. The lowest BCUT2D eigenvalue weighted by Gasteiger charge is -2.15. The molecule has 4 unspecified atom stereocenters. The summed E-state index contributed by atoms with van der Waals surface area (Å²) in [5.74, 6) is 0. The molecule has 4 rings (SSSR count). The summed E-state index contributed by atoms with van der Waals surface area (Å²) < 4.78 is 31.6. The molecule has 0 aromatic carbocycles. The van der Waals surface area contributed by atoms with Crippen LogP contribution in [0.3, 0.4) is 0 Å². The highest BCUT2D eigenvalue weighted by Crippen LogP contribution is 2.26. The van der Waals surface area contributed by atoms with E-state index in [0.29, 0.717) is 18.3 Å². The number of hydrogen-bond acceptors (Lipinski definition) is 6. The first-order valence-corrected chi connectivity index (χ1v) is 33.6. The summed E-state index contributed by atoms with van der Waals surface area (Å²) in [7, 11) is -3.19. The van der Waals surface area contributed by atoms with E-state index in [0.717, 1.165) is 52.9 Å². The van der Waals surface area contributed by atoms with Crippen molar-refractivity contribution in [3.8, 4) is 0 Å². The van der Waals surface area contributed by atoms with Crippen molar-refractivity contribution in [1.82, 2.24) is 0 Å². The fraction of sp³-hybridized carbons (Fsp3) is 1.00. The molecule has 4 heterocycles. The van der Waals surface area contributed by atoms with Gasteiger partial charge in [0.15, 0.2) is 0 Å². The van der Waals surface area contributed by atoms with Gasteiger partial charge in [0, 0.05) is 45.5 Å². The Morgan fingerprint density at radius 2 is 0.935 bits per heavy atom. The average Bonchev–Trinajstić information content (AvgIpc) is 3.70. The lowest BCUT2D eigenvalue weighted by atomic mass is 10.2. The van der Waals surface area contributed by atoms with Gasteiger partial charge in [-0.05, 0) is 32.6 Å². The van der Waals surface area contributed by atoms with Crippen LogP contribution < -0.4 is 0 Å². The molecule has 0 spiro atoms. The van der Waals surface area contributed by atoms with Crippen LogP contribution in [0.15, 0.2) is 0 Å². The quantitative estimate of drug-likeness (QED) is 0.0668. The van der Waals surface area contributed by atoms with Crippen molar-refractivity contribution >= 4 is 32.3 Å². The number of hydrogen-bond donors (Lipinski definition) is 0. The Morgan fingerprint density at radius 3 is 1.35 bits per heavy atom. The Bertz CT molecular complexity index is 717. The molecule has 4 fully saturated rings. The number of ether oxygens (including phenoxy) is 6. The fourth-order valence-corrected chi connectivity index (χ4v) is 9.46. The minimum absolute atomic E-state index is 0.0686. The molecule has 276 valence electrons. The van der Waals surface area contributed by atoms with Crippen LogP contribution in [0.1, 0.15) is 51.9 Å². The standard InChI is InChI=1S/C10H22O2Si.C10H22OSi.C9H20O2Si.C7H16OSi/c1-10(9-12-10)8-11-6-5-7-13(2,3)4;1-12(2,3)8-6-4-5-7-10-9-11-10;1-12(2,3)6-4-5-10-7-9-8-11-9;1-9(2,3)5-4-7-6-8-7/h5-9H2,1-4H3;10H,4-9H2,1-3H3;9H,4-8H2,1-3H3;7H,4-6H2,1-3H3. The summed E-state index contributed by atoms with van der Waals surface area (Å²) in [5.41, 5.74) is 0.0686. The van der Waals surface area contributed by atoms with E-state index in [9.17, 15) is 0 Å². The Labute approximate surface area is 291 Å². The Balaban J connectivity index is 0.000000309. The molecule has 0 bridgehead atoms. The first kappa shape index (κ1) is 44.6. The zero-order valence-electron chi connectivity index (χ0n) is 33.1. The molecule has 46 heavy (non-hydrogen) atoms. The molecule has 0 aliphatic carbocycles. The molecule has 0 aromatic heterocycles. The molecule has 0 amide bonds. The van der Waals surface area contributed by atoms with Crippen molar-refractivity contribution < 1.29 is 28.4 Å². The van der Waals surface area contributed by atoms with Crippen LogP contribution >= 0.6 is 0 Å². The van der Waals surface area contributed by atoms with Crippen LogP contribution in [-0.2, 0) is 28.4 Å². The van der Waals surface area contributed by atoms with E-state index in [-0.39, 0.29) is 5.60 Å². The molecule has 4 aliphatic rings. The fourth-order valence-electron chi connectivity index (χ4n) is 4.55. The van der Waals surface area contributed by atoms with Gasteiger partial charge in [-0.3, -0.25) is 0 Å². The normalized spacial score (nSPS) is 24.8. The van der Waals surface area contributed by atoms with Crippen molar-refractivity contribution in [1.29, 1.82) is 0 Å². The van der Waals surface area contributed by atoms with Crippen molar-refractivity contribution in [2.24, 2.45) is 0 Å².